The Hall–Kier alpha value is -4.22. The first-order chi connectivity index (χ1) is 24.2. The van der Waals surface area contributed by atoms with Crippen LogP contribution in [0.25, 0.3) is 0 Å². The Labute approximate surface area is 294 Å². The minimum atomic E-state index is -3.70. The number of hydrogen-bond donors (Lipinski definition) is 1. The van der Waals surface area contributed by atoms with Crippen molar-refractivity contribution < 1.29 is 27.4 Å². The lowest BCUT2D eigenvalue weighted by Gasteiger charge is -2.42. The average Bonchev–Trinajstić information content (AvgIpc) is 3.67. The first kappa shape index (κ1) is 34.2. The van der Waals surface area contributed by atoms with Crippen LogP contribution < -0.4 is 10.5 Å². The Morgan fingerprint density at radius 2 is 1.34 bits per heavy atom. The molecule has 3 heterocycles. The molecule has 0 bridgehead atoms. The van der Waals surface area contributed by atoms with Gasteiger partial charge in [-0.3, -0.25) is 4.79 Å². The molecule has 0 unspecified atom stereocenters. The molecular weight excluding hydrogens is 651 g/mol. The Kier molecular flexibility index (Phi) is 9.72. The molecule has 3 aliphatic heterocycles. The average molecular weight is 696 g/mol. The lowest BCUT2D eigenvalue weighted by Crippen LogP contribution is -2.48. The summed E-state index contributed by atoms with van der Waals surface area (Å²) in [5.41, 5.74) is 11.3. The molecule has 0 aromatic heterocycles. The smallest absolute Gasteiger partial charge is 0.255 e. The van der Waals surface area contributed by atoms with E-state index in [1.54, 1.807) is 55.6 Å². The van der Waals surface area contributed by atoms with E-state index in [9.17, 15) is 13.2 Å². The fourth-order valence-electron chi connectivity index (χ4n) is 7.70. The molecule has 4 aromatic carbocycles. The number of sulfone groups is 1. The molecular formula is C40H45N3O6S. The van der Waals surface area contributed by atoms with Crippen LogP contribution in [0.1, 0.15) is 64.2 Å². The van der Waals surface area contributed by atoms with Crippen LogP contribution in [0.4, 0.5) is 5.69 Å². The molecule has 7 rings (SSSR count). The summed E-state index contributed by atoms with van der Waals surface area (Å²) in [7, 11) is -2.15. The molecule has 3 fully saturated rings. The van der Waals surface area contributed by atoms with Crippen LogP contribution >= 0.6 is 0 Å². The topological polar surface area (TPSA) is 111 Å². The summed E-state index contributed by atoms with van der Waals surface area (Å²) in [5, 5.41) is 0. The van der Waals surface area contributed by atoms with Gasteiger partial charge in [-0.25, -0.2) is 8.42 Å². The fourth-order valence-corrected chi connectivity index (χ4v) is 8.96. The SMILES string of the molecule is COc1ccc(S(=O)(=O)c2ccc(C3(c4ccc(C5CCN(C6CCN(C(=O)c7cccc(C)c7N)CC6)CC5)cc4)OCCO3)cc2)cc1. The van der Waals surface area contributed by atoms with Gasteiger partial charge >= 0.3 is 0 Å². The van der Waals surface area contributed by atoms with Gasteiger partial charge in [0.2, 0.25) is 15.6 Å². The number of aryl methyl sites for hydroxylation is 1. The van der Waals surface area contributed by atoms with Gasteiger partial charge in [-0.15, -0.1) is 0 Å². The van der Waals surface area contributed by atoms with Crippen molar-refractivity contribution in [1.29, 1.82) is 0 Å². The molecule has 9 nitrogen and oxygen atoms in total. The molecule has 0 saturated carbocycles. The van der Waals surface area contributed by atoms with E-state index in [1.165, 1.54) is 5.56 Å². The molecule has 0 aliphatic carbocycles. The summed E-state index contributed by atoms with van der Waals surface area (Å²) in [6.07, 6.45) is 4.13. The van der Waals surface area contributed by atoms with E-state index >= 15 is 0 Å². The number of hydrogen-bond acceptors (Lipinski definition) is 8. The Balaban J connectivity index is 0.970. The van der Waals surface area contributed by atoms with E-state index < -0.39 is 15.6 Å². The number of ether oxygens (including phenoxy) is 3. The molecule has 3 saturated heterocycles. The second-order valence-electron chi connectivity index (χ2n) is 13.5. The van der Waals surface area contributed by atoms with E-state index in [1.807, 2.05) is 30.0 Å². The summed E-state index contributed by atoms with van der Waals surface area (Å²) in [4.78, 5) is 18.1. The van der Waals surface area contributed by atoms with Crippen LogP contribution in [0.5, 0.6) is 5.75 Å². The van der Waals surface area contributed by atoms with Crippen molar-refractivity contribution in [2.75, 3.05) is 52.2 Å². The molecule has 0 spiro atoms. The second kappa shape index (κ2) is 14.2. The quantitative estimate of drug-likeness (QED) is 0.219. The molecule has 50 heavy (non-hydrogen) atoms. The number of rotatable bonds is 8. The zero-order valence-corrected chi connectivity index (χ0v) is 29.5. The highest BCUT2D eigenvalue weighted by Gasteiger charge is 2.41. The maximum Gasteiger partial charge on any atom is 0.255 e. The highest BCUT2D eigenvalue weighted by Crippen LogP contribution is 2.40. The molecule has 262 valence electrons. The minimum Gasteiger partial charge on any atom is -0.497 e. The van der Waals surface area contributed by atoms with Crippen molar-refractivity contribution >= 4 is 21.4 Å². The summed E-state index contributed by atoms with van der Waals surface area (Å²) in [6.45, 7) is 6.42. The third-order valence-corrected chi connectivity index (χ3v) is 12.5. The predicted octanol–water partition coefficient (Wildman–Crippen LogP) is 6.15. The number of carbonyl (C=O) groups excluding carboxylic acids is 1. The molecule has 1 amide bonds. The van der Waals surface area contributed by atoms with Crippen molar-refractivity contribution in [3.63, 3.8) is 0 Å². The van der Waals surface area contributed by atoms with Gasteiger partial charge in [0.25, 0.3) is 5.91 Å². The number of nitrogens with two attached hydrogens (primary N) is 1. The first-order valence-electron chi connectivity index (χ1n) is 17.5. The zero-order valence-electron chi connectivity index (χ0n) is 28.7. The van der Waals surface area contributed by atoms with E-state index in [2.05, 4.69) is 29.2 Å². The molecule has 0 atom stereocenters. The number of para-hydroxylation sites is 1. The van der Waals surface area contributed by atoms with E-state index in [0.717, 1.165) is 68.6 Å². The van der Waals surface area contributed by atoms with Crippen LogP contribution in [-0.2, 0) is 25.1 Å². The van der Waals surface area contributed by atoms with Gasteiger partial charge in [-0.2, -0.15) is 0 Å². The number of nitrogens with zero attached hydrogens (tertiary/aromatic N) is 2. The largest absolute Gasteiger partial charge is 0.497 e. The molecule has 3 aliphatic rings. The summed E-state index contributed by atoms with van der Waals surface area (Å²) in [6, 6.07) is 27.9. The van der Waals surface area contributed by atoms with Crippen LogP contribution in [-0.4, -0.2) is 76.7 Å². The predicted molar refractivity (Wildman–Crippen MR) is 192 cm³/mol. The van der Waals surface area contributed by atoms with Gasteiger partial charge in [0.15, 0.2) is 0 Å². The lowest BCUT2D eigenvalue weighted by molar-refractivity contribution is -0.129. The normalized spacial score (nSPS) is 19.0. The summed E-state index contributed by atoms with van der Waals surface area (Å²) in [5.74, 6) is 0.0125. The zero-order chi connectivity index (χ0) is 34.9. The highest BCUT2D eigenvalue weighted by molar-refractivity contribution is 7.91. The Morgan fingerprint density at radius 3 is 1.92 bits per heavy atom. The Bertz CT molecular complexity index is 1910. The number of anilines is 1. The van der Waals surface area contributed by atoms with Crippen molar-refractivity contribution in [2.45, 2.75) is 60.1 Å². The minimum absolute atomic E-state index is 0.0386. The second-order valence-corrected chi connectivity index (χ2v) is 15.5. The van der Waals surface area contributed by atoms with Crippen LogP contribution in [0.3, 0.4) is 0 Å². The third-order valence-electron chi connectivity index (χ3n) is 10.7. The summed E-state index contributed by atoms with van der Waals surface area (Å²) >= 11 is 0. The number of carbonyl (C=O) groups is 1. The standard InChI is InChI=1S/C40H45N3O6S/c1-28-4-3-5-37(38(28)41)39(44)43-24-20-33(21-25-43)42-22-18-30(19-23-42)29-6-8-31(9-7-29)40(48-26-27-49-40)32-10-14-35(15-11-32)50(45,46)36-16-12-34(47-2)13-17-36/h3-17,30,33H,18-27,41H2,1-2H3. The van der Waals surface area contributed by atoms with Gasteiger partial charge in [-0.1, -0.05) is 48.5 Å². The lowest BCUT2D eigenvalue weighted by atomic mass is 9.86. The number of nitrogen functional groups attached to an aromatic ring is 1. The number of piperidine rings is 2. The van der Waals surface area contributed by atoms with Crippen molar-refractivity contribution in [1.82, 2.24) is 9.80 Å². The summed E-state index contributed by atoms with van der Waals surface area (Å²) < 4.78 is 44.3. The van der Waals surface area contributed by atoms with E-state index in [4.69, 9.17) is 19.9 Å². The van der Waals surface area contributed by atoms with Gasteiger partial charge in [0.1, 0.15) is 5.75 Å². The molecule has 4 aromatic rings. The van der Waals surface area contributed by atoms with Crippen LogP contribution in [0.15, 0.2) is 101 Å². The number of likely N-dealkylation sites (tertiary alicyclic amines) is 2. The third kappa shape index (κ3) is 6.53. The fraction of sp³-hybridized carbons (Fsp3) is 0.375. The number of amides is 1. The van der Waals surface area contributed by atoms with Gasteiger partial charge in [0, 0.05) is 35.9 Å². The number of methoxy groups -OCH3 is 1. The van der Waals surface area contributed by atoms with Crippen molar-refractivity contribution in [2.24, 2.45) is 0 Å². The van der Waals surface area contributed by atoms with Crippen molar-refractivity contribution in [3.05, 3.63) is 119 Å². The maximum absolute atomic E-state index is 13.3. The van der Waals surface area contributed by atoms with Gasteiger partial charge < -0.3 is 29.7 Å². The Morgan fingerprint density at radius 1 is 0.780 bits per heavy atom. The monoisotopic (exact) mass is 695 g/mol. The maximum atomic E-state index is 13.3. The molecule has 10 heteroatoms. The van der Waals surface area contributed by atoms with Crippen LogP contribution in [0.2, 0.25) is 0 Å². The van der Waals surface area contributed by atoms with E-state index in [-0.39, 0.29) is 15.7 Å². The van der Waals surface area contributed by atoms with Crippen molar-refractivity contribution in [3.8, 4) is 5.75 Å². The van der Waals surface area contributed by atoms with Crippen LogP contribution in [0, 0.1) is 6.92 Å². The molecule has 2 N–H and O–H groups in total. The first-order valence-corrected chi connectivity index (χ1v) is 18.9. The van der Waals surface area contributed by atoms with Gasteiger partial charge in [-0.05, 0) is 105 Å². The van der Waals surface area contributed by atoms with E-state index in [0.29, 0.717) is 42.2 Å². The van der Waals surface area contributed by atoms with Gasteiger partial charge in [0.05, 0.1) is 35.7 Å². The number of benzene rings is 4. The molecule has 0 radical (unpaired) electrons. The highest BCUT2D eigenvalue weighted by atomic mass is 32.2.